The van der Waals surface area contributed by atoms with Gasteiger partial charge in [-0.05, 0) is 37.7 Å². The van der Waals surface area contributed by atoms with Crippen LogP contribution in [0.5, 0.6) is 5.75 Å². The van der Waals surface area contributed by atoms with Crippen molar-refractivity contribution in [2.24, 2.45) is 0 Å². The van der Waals surface area contributed by atoms with Gasteiger partial charge in [0.05, 0.1) is 6.61 Å². The molecule has 0 saturated carbocycles. The SMILES string of the molecule is COCCOc1ccc(CNC(=O)N(C)C2CCN(C)C2)cc1. The number of nitrogens with zero attached hydrogens (tertiary/aromatic N) is 2. The van der Waals surface area contributed by atoms with E-state index in [-0.39, 0.29) is 6.03 Å². The van der Waals surface area contributed by atoms with Crippen molar-refractivity contribution in [3.63, 3.8) is 0 Å². The zero-order chi connectivity index (χ0) is 16.7. The maximum atomic E-state index is 12.2. The number of ether oxygens (including phenoxy) is 2. The summed E-state index contributed by atoms with van der Waals surface area (Å²) >= 11 is 0. The molecular weight excluding hydrogens is 294 g/mol. The average Bonchev–Trinajstić information content (AvgIpc) is 3.00. The van der Waals surface area contributed by atoms with Gasteiger partial charge in [-0.1, -0.05) is 12.1 Å². The molecule has 128 valence electrons. The van der Waals surface area contributed by atoms with Crippen molar-refractivity contribution in [1.82, 2.24) is 15.1 Å². The van der Waals surface area contributed by atoms with E-state index < -0.39 is 0 Å². The zero-order valence-electron chi connectivity index (χ0n) is 14.2. The molecular formula is C17H27N3O3. The minimum Gasteiger partial charge on any atom is -0.491 e. The van der Waals surface area contributed by atoms with Gasteiger partial charge in [0.1, 0.15) is 12.4 Å². The molecule has 0 aliphatic carbocycles. The Hall–Kier alpha value is -1.79. The molecule has 0 aromatic heterocycles. The summed E-state index contributed by atoms with van der Waals surface area (Å²) in [6, 6.07) is 8.03. The molecule has 1 N–H and O–H groups in total. The average molecular weight is 321 g/mol. The van der Waals surface area contributed by atoms with E-state index in [9.17, 15) is 4.79 Å². The second kappa shape index (κ2) is 8.74. The first-order valence-corrected chi connectivity index (χ1v) is 8.00. The summed E-state index contributed by atoms with van der Waals surface area (Å²) < 4.78 is 10.5. The van der Waals surface area contributed by atoms with Gasteiger partial charge in [0.25, 0.3) is 0 Å². The van der Waals surface area contributed by atoms with E-state index >= 15 is 0 Å². The van der Waals surface area contributed by atoms with Gasteiger partial charge in [-0.3, -0.25) is 0 Å². The molecule has 1 saturated heterocycles. The molecule has 0 spiro atoms. The molecule has 2 rings (SSSR count). The van der Waals surface area contributed by atoms with Crippen LogP contribution in [0, 0.1) is 0 Å². The molecule has 6 heteroatoms. The van der Waals surface area contributed by atoms with Gasteiger partial charge >= 0.3 is 6.03 Å². The molecule has 1 atom stereocenters. The molecule has 1 aromatic rings. The van der Waals surface area contributed by atoms with E-state index in [4.69, 9.17) is 9.47 Å². The molecule has 6 nitrogen and oxygen atoms in total. The maximum absolute atomic E-state index is 12.2. The summed E-state index contributed by atoms with van der Waals surface area (Å²) in [6.45, 7) is 3.61. The van der Waals surface area contributed by atoms with E-state index in [2.05, 4.69) is 17.3 Å². The highest BCUT2D eigenvalue weighted by molar-refractivity contribution is 5.74. The van der Waals surface area contributed by atoms with Gasteiger partial charge in [-0.25, -0.2) is 4.79 Å². The number of carbonyl (C=O) groups is 1. The molecule has 23 heavy (non-hydrogen) atoms. The second-order valence-electron chi connectivity index (χ2n) is 5.96. The summed E-state index contributed by atoms with van der Waals surface area (Å²) in [4.78, 5) is 16.3. The summed E-state index contributed by atoms with van der Waals surface area (Å²) in [5.74, 6) is 0.809. The van der Waals surface area contributed by atoms with E-state index in [1.54, 1.807) is 7.11 Å². The van der Waals surface area contributed by atoms with Crippen molar-refractivity contribution in [3.05, 3.63) is 29.8 Å². The molecule has 2 amide bonds. The number of amides is 2. The molecule has 1 aromatic carbocycles. The number of likely N-dealkylation sites (N-methyl/N-ethyl adjacent to an activating group) is 2. The van der Waals surface area contributed by atoms with Crippen LogP contribution in [-0.4, -0.2) is 69.4 Å². The van der Waals surface area contributed by atoms with Gasteiger partial charge < -0.3 is 24.6 Å². The Morgan fingerprint density at radius 1 is 1.35 bits per heavy atom. The number of hydrogen-bond donors (Lipinski definition) is 1. The first kappa shape index (κ1) is 17.6. The Morgan fingerprint density at radius 3 is 2.70 bits per heavy atom. The lowest BCUT2D eigenvalue weighted by Crippen LogP contribution is -2.44. The Bertz CT molecular complexity index is 492. The Kier molecular flexibility index (Phi) is 6.67. The van der Waals surface area contributed by atoms with Gasteiger partial charge in [-0.15, -0.1) is 0 Å². The molecule has 1 aliphatic rings. The highest BCUT2D eigenvalue weighted by Gasteiger charge is 2.26. The maximum Gasteiger partial charge on any atom is 0.317 e. The van der Waals surface area contributed by atoms with E-state index in [1.807, 2.05) is 36.2 Å². The molecule has 1 heterocycles. The van der Waals surface area contributed by atoms with Crippen LogP contribution in [0.4, 0.5) is 4.79 Å². The van der Waals surface area contributed by atoms with Crippen LogP contribution in [0.1, 0.15) is 12.0 Å². The van der Waals surface area contributed by atoms with E-state index in [0.29, 0.717) is 25.8 Å². The fraction of sp³-hybridized carbons (Fsp3) is 0.588. The van der Waals surface area contributed by atoms with E-state index in [0.717, 1.165) is 30.8 Å². The molecule has 0 bridgehead atoms. The van der Waals surface area contributed by atoms with Crippen molar-refractivity contribution in [2.45, 2.75) is 19.0 Å². The van der Waals surface area contributed by atoms with Gasteiger partial charge in [-0.2, -0.15) is 0 Å². The van der Waals surface area contributed by atoms with Crippen LogP contribution < -0.4 is 10.1 Å². The first-order chi connectivity index (χ1) is 11.1. The number of carbonyl (C=O) groups excluding carboxylic acids is 1. The van der Waals surface area contributed by atoms with Crippen LogP contribution in [0.25, 0.3) is 0 Å². The van der Waals surface area contributed by atoms with Crippen LogP contribution in [0.15, 0.2) is 24.3 Å². The Balaban J connectivity index is 1.75. The van der Waals surface area contributed by atoms with Crippen molar-refractivity contribution in [3.8, 4) is 5.75 Å². The minimum absolute atomic E-state index is 0.0225. The first-order valence-electron chi connectivity index (χ1n) is 8.00. The lowest BCUT2D eigenvalue weighted by Gasteiger charge is -2.24. The smallest absolute Gasteiger partial charge is 0.317 e. The molecule has 1 unspecified atom stereocenters. The monoisotopic (exact) mass is 321 g/mol. The number of urea groups is 1. The Morgan fingerprint density at radius 2 is 2.09 bits per heavy atom. The van der Waals surface area contributed by atoms with Crippen molar-refractivity contribution in [2.75, 3.05) is 47.5 Å². The van der Waals surface area contributed by atoms with Crippen molar-refractivity contribution < 1.29 is 14.3 Å². The van der Waals surface area contributed by atoms with Gasteiger partial charge in [0.2, 0.25) is 0 Å². The normalized spacial score (nSPS) is 18.0. The Labute approximate surface area is 138 Å². The van der Waals surface area contributed by atoms with Crippen LogP contribution in [0.3, 0.4) is 0 Å². The topological polar surface area (TPSA) is 54.0 Å². The number of likely N-dealkylation sites (tertiary alicyclic amines) is 1. The standard InChI is InChI=1S/C17H27N3O3/c1-19-9-8-15(13-19)20(2)17(21)18-12-14-4-6-16(7-5-14)23-11-10-22-3/h4-7,15H,8-13H2,1-3H3,(H,18,21). The quantitative estimate of drug-likeness (QED) is 0.774. The largest absolute Gasteiger partial charge is 0.491 e. The molecule has 0 radical (unpaired) electrons. The number of nitrogens with one attached hydrogen (secondary N) is 1. The fourth-order valence-corrected chi connectivity index (χ4v) is 2.64. The summed E-state index contributed by atoms with van der Waals surface area (Å²) in [5, 5.41) is 2.97. The lowest BCUT2D eigenvalue weighted by atomic mass is 10.2. The number of rotatable bonds is 7. The second-order valence-corrected chi connectivity index (χ2v) is 5.96. The van der Waals surface area contributed by atoms with Crippen molar-refractivity contribution in [1.29, 1.82) is 0 Å². The zero-order valence-corrected chi connectivity index (χ0v) is 14.2. The summed E-state index contributed by atoms with van der Waals surface area (Å²) in [5.41, 5.74) is 1.05. The van der Waals surface area contributed by atoms with Crippen molar-refractivity contribution >= 4 is 6.03 Å². The third kappa shape index (κ3) is 5.41. The molecule has 1 fully saturated rings. The van der Waals surface area contributed by atoms with Gasteiger partial charge in [0.15, 0.2) is 0 Å². The highest BCUT2D eigenvalue weighted by atomic mass is 16.5. The van der Waals surface area contributed by atoms with E-state index in [1.165, 1.54) is 0 Å². The minimum atomic E-state index is -0.0225. The number of benzene rings is 1. The number of hydrogen-bond acceptors (Lipinski definition) is 4. The van der Waals surface area contributed by atoms with Crippen LogP contribution in [0.2, 0.25) is 0 Å². The highest BCUT2D eigenvalue weighted by Crippen LogP contribution is 2.14. The van der Waals surface area contributed by atoms with Crippen LogP contribution in [-0.2, 0) is 11.3 Å². The number of methoxy groups -OCH3 is 1. The fourth-order valence-electron chi connectivity index (χ4n) is 2.64. The third-order valence-corrected chi connectivity index (χ3v) is 4.16. The predicted molar refractivity (Wildman–Crippen MR) is 89.7 cm³/mol. The summed E-state index contributed by atoms with van der Waals surface area (Å²) in [6.07, 6.45) is 1.04. The van der Waals surface area contributed by atoms with Gasteiger partial charge in [0, 0.05) is 33.3 Å². The molecule has 1 aliphatic heterocycles. The third-order valence-electron chi connectivity index (χ3n) is 4.16. The van der Waals surface area contributed by atoms with Crippen LogP contribution >= 0.6 is 0 Å². The lowest BCUT2D eigenvalue weighted by molar-refractivity contribution is 0.146. The predicted octanol–water partition coefficient (Wildman–Crippen LogP) is 1.56. The summed E-state index contributed by atoms with van der Waals surface area (Å²) in [7, 11) is 5.60.